The number of hydrogen-bond donors (Lipinski definition) is 1. The zero-order valence-corrected chi connectivity index (χ0v) is 29.2. The number of aliphatic hydroxyl groups is 1. The van der Waals surface area contributed by atoms with Crippen LogP contribution in [0.25, 0.3) is 0 Å². The fourth-order valence-electron chi connectivity index (χ4n) is 5.35. The SMILES string of the molecule is CCCCC/C=C/C/C=C/CCCCCCCCCCCC(=O)O[C@@H](CO)COC(=O)CCCCCCCCCCCCC. The van der Waals surface area contributed by atoms with Crippen molar-refractivity contribution in [2.45, 2.75) is 200 Å². The maximum Gasteiger partial charge on any atom is 0.306 e. The molecule has 0 aliphatic heterocycles. The van der Waals surface area contributed by atoms with Gasteiger partial charge in [0.1, 0.15) is 6.61 Å². The average molecular weight is 621 g/mol. The minimum atomic E-state index is -0.767. The molecule has 0 saturated carbocycles. The van der Waals surface area contributed by atoms with Gasteiger partial charge in [0, 0.05) is 12.8 Å². The molecule has 44 heavy (non-hydrogen) atoms. The highest BCUT2D eigenvalue weighted by molar-refractivity contribution is 5.70. The molecule has 0 saturated heterocycles. The van der Waals surface area contributed by atoms with E-state index in [4.69, 9.17) is 9.47 Å². The van der Waals surface area contributed by atoms with Gasteiger partial charge in [-0.05, 0) is 44.9 Å². The van der Waals surface area contributed by atoms with E-state index in [1.165, 1.54) is 122 Å². The van der Waals surface area contributed by atoms with E-state index < -0.39 is 6.10 Å². The molecular weight excluding hydrogens is 548 g/mol. The molecule has 0 aliphatic carbocycles. The molecule has 0 aliphatic rings. The van der Waals surface area contributed by atoms with Crippen molar-refractivity contribution in [2.75, 3.05) is 13.2 Å². The highest BCUT2D eigenvalue weighted by Crippen LogP contribution is 2.14. The molecule has 5 heteroatoms. The molecule has 0 rings (SSSR count). The molecule has 0 radical (unpaired) electrons. The Morgan fingerprint density at radius 2 is 0.909 bits per heavy atom. The van der Waals surface area contributed by atoms with Crippen molar-refractivity contribution in [2.24, 2.45) is 0 Å². The summed E-state index contributed by atoms with van der Waals surface area (Å²) in [5.74, 6) is -0.591. The second kappa shape index (κ2) is 35.9. The predicted molar refractivity (Wildman–Crippen MR) is 187 cm³/mol. The lowest BCUT2D eigenvalue weighted by molar-refractivity contribution is -0.161. The van der Waals surface area contributed by atoms with Crippen LogP contribution in [-0.2, 0) is 19.1 Å². The van der Waals surface area contributed by atoms with Crippen LogP contribution in [0.15, 0.2) is 24.3 Å². The van der Waals surface area contributed by atoms with E-state index in [1.54, 1.807) is 0 Å². The molecule has 0 spiro atoms. The van der Waals surface area contributed by atoms with E-state index >= 15 is 0 Å². The third-order valence-electron chi connectivity index (χ3n) is 8.25. The monoisotopic (exact) mass is 621 g/mol. The molecular formula is C39H72O5. The second-order valence-corrected chi connectivity index (χ2v) is 12.7. The lowest BCUT2D eigenvalue weighted by Crippen LogP contribution is -2.28. The Kier molecular flexibility index (Phi) is 34.5. The Bertz CT molecular complexity index is 671. The van der Waals surface area contributed by atoms with Gasteiger partial charge in [0.2, 0.25) is 0 Å². The van der Waals surface area contributed by atoms with Crippen LogP contribution in [0.4, 0.5) is 0 Å². The number of ether oxygens (including phenoxy) is 2. The van der Waals surface area contributed by atoms with Gasteiger partial charge in [-0.3, -0.25) is 9.59 Å². The van der Waals surface area contributed by atoms with E-state index in [9.17, 15) is 14.7 Å². The summed E-state index contributed by atoms with van der Waals surface area (Å²) in [5.41, 5.74) is 0. The number of carbonyl (C=O) groups is 2. The first-order valence-electron chi connectivity index (χ1n) is 18.9. The van der Waals surface area contributed by atoms with E-state index in [0.717, 1.165) is 44.9 Å². The molecule has 0 aromatic rings. The summed E-state index contributed by atoms with van der Waals surface area (Å²) in [6.07, 6.45) is 40.9. The lowest BCUT2D eigenvalue weighted by Gasteiger charge is -2.15. The normalized spacial score (nSPS) is 12.3. The lowest BCUT2D eigenvalue weighted by atomic mass is 10.1. The third-order valence-corrected chi connectivity index (χ3v) is 8.25. The largest absolute Gasteiger partial charge is 0.462 e. The van der Waals surface area contributed by atoms with Crippen molar-refractivity contribution in [1.82, 2.24) is 0 Å². The van der Waals surface area contributed by atoms with E-state index in [1.807, 2.05) is 0 Å². The summed E-state index contributed by atoms with van der Waals surface area (Å²) in [4.78, 5) is 24.2. The highest BCUT2D eigenvalue weighted by Gasteiger charge is 2.16. The van der Waals surface area contributed by atoms with Gasteiger partial charge in [0.15, 0.2) is 6.10 Å². The Labute approximate surface area is 273 Å². The first kappa shape index (κ1) is 42.4. The fraction of sp³-hybridized carbons (Fsp3) is 0.846. The van der Waals surface area contributed by atoms with Crippen LogP contribution in [0.3, 0.4) is 0 Å². The van der Waals surface area contributed by atoms with Crippen LogP contribution in [0.1, 0.15) is 194 Å². The Hall–Kier alpha value is -1.62. The summed E-state index contributed by atoms with van der Waals surface area (Å²) in [6, 6.07) is 0. The minimum Gasteiger partial charge on any atom is -0.462 e. The average Bonchev–Trinajstić information content (AvgIpc) is 3.02. The quantitative estimate of drug-likeness (QED) is 0.0440. The number of esters is 2. The molecule has 0 amide bonds. The maximum atomic E-state index is 12.1. The van der Waals surface area contributed by atoms with Gasteiger partial charge >= 0.3 is 11.9 Å². The third kappa shape index (κ3) is 33.3. The van der Waals surface area contributed by atoms with Crippen molar-refractivity contribution in [3.8, 4) is 0 Å². The smallest absolute Gasteiger partial charge is 0.306 e. The van der Waals surface area contributed by atoms with Crippen molar-refractivity contribution >= 4 is 11.9 Å². The number of allylic oxidation sites excluding steroid dienone is 4. The first-order chi connectivity index (χ1) is 21.6. The van der Waals surface area contributed by atoms with Crippen molar-refractivity contribution in [3.63, 3.8) is 0 Å². The first-order valence-corrected chi connectivity index (χ1v) is 18.9. The fourth-order valence-corrected chi connectivity index (χ4v) is 5.35. The molecule has 1 atom stereocenters. The van der Waals surface area contributed by atoms with Gasteiger partial charge in [-0.1, -0.05) is 160 Å². The number of aliphatic hydroxyl groups excluding tert-OH is 1. The van der Waals surface area contributed by atoms with Gasteiger partial charge in [0.25, 0.3) is 0 Å². The molecule has 0 fully saturated rings. The Balaban J connectivity index is 3.54. The highest BCUT2D eigenvalue weighted by atomic mass is 16.6. The molecule has 0 aromatic carbocycles. The Morgan fingerprint density at radius 3 is 1.39 bits per heavy atom. The van der Waals surface area contributed by atoms with Gasteiger partial charge in [-0.15, -0.1) is 0 Å². The van der Waals surface area contributed by atoms with Gasteiger partial charge in [-0.25, -0.2) is 0 Å². The molecule has 0 unspecified atom stereocenters. The molecule has 5 nitrogen and oxygen atoms in total. The zero-order valence-electron chi connectivity index (χ0n) is 29.2. The number of unbranched alkanes of at least 4 members (excludes halogenated alkanes) is 22. The van der Waals surface area contributed by atoms with Crippen molar-refractivity contribution < 1.29 is 24.2 Å². The number of hydrogen-bond acceptors (Lipinski definition) is 5. The van der Waals surface area contributed by atoms with Crippen LogP contribution in [0.5, 0.6) is 0 Å². The molecule has 0 bridgehead atoms. The number of carbonyl (C=O) groups excluding carboxylic acids is 2. The minimum absolute atomic E-state index is 0.0636. The summed E-state index contributed by atoms with van der Waals surface area (Å²) in [5, 5.41) is 9.53. The molecule has 1 N–H and O–H groups in total. The van der Waals surface area contributed by atoms with Crippen LogP contribution < -0.4 is 0 Å². The predicted octanol–water partition coefficient (Wildman–Crippen LogP) is 11.5. The second-order valence-electron chi connectivity index (χ2n) is 12.7. The maximum absolute atomic E-state index is 12.1. The van der Waals surface area contributed by atoms with Gasteiger partial charge in [0.05, 0.1) is 6.61 Å². The van der Waals surface area contributed by atoms with E-state index in [0.29, 0.717) is 12.8 Å². The summed E-state index contributed by atoms with van der Waals surface area (Å²) >= 11 is 0. The molecule has 258 valence electrons. The van der Waals surface area contributed by atoms with E-state index in [-0.39, 0.29) is 25.2 Å². The Morgan fingerprint density at radius 1 is 0.523 bits per heavy atom. The van der Waals surface area contributed by atoms with E-state index in [2.05, 4.69) is 38.2 Å². The van der Waals surface area contributed by atoms with Crippen molar-refractivity contribution in [3.05, 3.63) is 24.3 Å². The standard InChI is InChI=1S/C39H72O5/c1-3-5-7-9-11-13-15-16-17-18-19-20-21-22-24-26-28-30-32-34-39(42)44-37(35-40)36-43-38(41)33-31-29-27-25-23-14-12-10-8-6-4-2/h11,13,16-17,37,40H,3-10,12,14-15,18-36H2,1-2H3/b13-11+,17-16+/t37-/m0/s1. The van der Waals surface area contributed by atoms with Crippen LogP contribution in [-0.4, -0.2) is 36.4 Å². The zero-order chi connectivity index (χ0) is 32.2. The van der Waals surface area contributed by atoms with Crippen LogP contribution >= 0.6 is 0 Å². The molecule has 0 heterocycles. The number of rotatable bonds is 34. The van der Waals surface area contributed by atoms with Crippen molar-refractivity contribution in [1.29, 1.82) is 0 Å². The van der Waals surface area contributed by atoms with Gasteiger partial charge in [-0.2, -0.15) is 0 Å². The summed E-state index contributed by atoms with van der Waals surface area (Å²) in [7, 11) is 0. The summed E-state index contributed by atoms with van der Waals surface area (Å²) < 4.78 is 10.6. The molecule has 0 aromatic heterocycles. The van der Waals surface area contributed by atoms with Crippen LogP contribution in [0, 0.1) is 0 Å². The van der Waals surface area contributed by atoms with Gasteiger partial charge < -0.3 is 14.6 Å². The topological polar surface area (TPSA) is 72.8 Å². The summed E-state index contributed by atoms with van der Waals surface area (Å²) in [6.45, 7) is 4.10. The van der Waals surface area contributed by atoms with Crippen LogP contribution in [0.2, 0.25) is 0 Å².